The fourth-order valence-electron chi connectivity index (χ4n) is 4.22. The first-order valence-corrected chi connectivity index (χ1v) is 10.7. The summed E-state index contributed by atoms with van der Waals surface area (Å²) in [5.41, 5.74) is 0.863. The van der Waals surface area contributed by atoms with Crippen molar-refractivity contribution in [2.75, 3.05) is 25.0 Å². The minimum Gasteiger partial charge on any atom is -0.375 e. The molecule has 3 heterocycles. The summed E-state index contributed by atoms with van der Waals surface area (Å²) in [7, 11) is 0. The van der Waals surface area contributed by atoms with E-state index in [-0.39, 0.29) is 41.5 Å². The third kappa shape index (κ3) is 5.66. The Morgan fingerprint density at radius 2 is 2.10 bits per heavy atom. The molecule has 31 heavy (non-hydrogen) atoms. The van der Waals surface area contributed by atoms with E-state index >= 15 is 0 Å². The number of rotatable bonds is 7. The number of hydrogen-bond donors (Lipinski definition) is 3. The molecule has 2 aliphatic heterocycles. The number of nitrogens with zero attached hydrogens (tertiary/aromatic N) is 2. The first-order valence-electron chi connectivity index (χ1n) is 10.7. The molecule has 2 fully saturated rings. The second-order valence-electron chi connectivity index (χ2n) is 8.80. The SMILES string of the molecule is CC(=O)C(=[NH2+])c1ccncc1NCC(=O)N1CCC[C@H]1C(=O)NC1CCOC(C)(C)C1. The molecule has 2 aliphatic rings. The number of pyridine rings is 1. The van der Waals surface area contributed by atoms with Crippen molar-refractivity contribution in [2.24, 2.45) is 0 Å². The normalized spacial score (nSPS) is 22.6. The number of aromatic nitrogens is 1. The van der Waals surface area contributed by atoms with Crippen LogP contribution in [0, 0.1) is 0 Å². The van der Waals surface area contributed by atoms with Crippen molar-refractivity contribution in [3.63, 3.8) is 0 Å². The van der Waals surface area contributed by atoms with Gasteiger partial charge in [-0.1, -0.05) is 0 Å². The first-order chi connectivity index (χ1) is 14.7. The van der Waals surface area contributed by atoms with Crippen molar-refractivity contribution in [2.45, 2.75) is 64.1 Å². The van der Waals surface area contributed by atoms with Crippen LogP contribution in [0.15, 0.2) is 18.5 Å². The number of Topliss-reactive ketones (excluding diaryl/α,β-unsaturated/α-hetero) is 1. The smallest absolute Gasteiger partial charge is 0.249 e. The maximum atomic E-state index is 12.9. The molecule has 1 aromatic rings. The standard InChI is InChI=1S/C22H31N5O4/c1-14(28)20(23)16-6-8-24-12-17(16)25-13-19(29)27-9-4-5-18(27)21(30)26-15-7-10-31-22(2,3)11-15/h6,8,12,15,18,23,25H,4-5,7,9-11,13H2,1-3H3,(H,26,30)/p+1/t15?,18-/m0/s1. The van der Waals surface area contributed by atoms with Crippen molar-refractivity contribution in [3.8, 4) is 0 Å². The molecule has 0 bridgehead atoms. The third-order valence-corrected chi connectivity index (χ3v) is 5.84. The van der Waals surface area contributed by atoms with E-state index in [0.29, 0.717) is 30.8 Å². The zero-order valence-electron chi connectivity index (χ0n) is 18.4. The molecule has 9 heteroatoms. The minimum absolute atomic E-state index is 0.0159. The molecule has 2 saturated heterocycles. The largest absolute Gasteiger partial charge is 0.375 e. The van der Waals surface area contributed by atoms with E-state index in [4.69, 9.17) is 10.1 Å². The van der Waals surface area contributed by atoms with Gasteiger partial charge in [0.2, 0.25) is 23.3 Å². The average molecular weight is 431 g/mol. The van der Waals surface area contributed by atoms with E-state index in [2.05, 4.69) is 15.6 Å². The number of carbonyl (C=O) groups is 3. The Balaban J connectivity index is 1.60. The molecule has 9 nitrogen and oxygen atoms in total. The summed E-state index contributed by atoms with van der Waals surface area (Å²) in [5, 5.41) is 12.0. The first kappa shape index (κ1) is 22.9. The summed E-state index contributed by atoms with van der Waals surface area (Å²) in [5.74, 6) is -0.543. The predicted molar refractivity (Wildman–Crippen MR) is 115 cm³/mol. The lowest BCUT2D eigenvalue weighted by Gasteiger charge is -2.36. The second kappa shape index (κ2) is 9.55. The Morgan fingerprint density at radius 1 is 1.32 bits per heavy atom. The van der Waals surface area contributed by atoms with Crippen molar-refractivity contribution < 1.29 is 24.5 Å². The van der Waals surface area contributed by atoms with Crippen LogP contribution in [-0.4, -0.2) is 70.6 Å². The molecule has 2 atom stereocenters. The average Bonchev–Trinajstić information content (AvgIpc) is 3.21. The van der Waals surface area contributed by atoms with Crippen LogP contribution in [0.4, 0.5) is 5.69 Å². The van der Waals surface area contributed by atoms with Crippen molar-refractivity contribution in [1.82, 2.24) is 15.2 Å². The summed E-state index contributed by atoms with van der Waals surface area (Å²) in [6, 6.07) is 1.21. The lowest BCUT2D eigenvalue weighted by molar-refractivity contribution is -0.138. The van der Waals surface area contributed by atoms with E-state index in [1.807, 2.05) is 13.8 Å². The number of hydrogen-bond acceptors (Lipinski definition) is 6. The fraction of sp³-hybridized carbons (Fsp3) is 0.591. The van der Waals surface area contributed by atoms with E-state index < -0.39 is 6.04 Å². The number of carbonyl (C=O) groups excluding carboxylic acids is 3. The van der Waals surface area contributed by atoms with Gasteiger partial charge in [-0.2, -0.15) is 0 Å². The highest BCUT2D eigenvalue weighted by Crippen LogP contribution is 2.25. The molecule has 0 aromatic carbocycles. The van der Waals surface area contributed by atoms with E-state index in [0.717, 1.165) is 19.3 Å². The van der Waals surface area contributed by atoms with Gasteiger partial charge < -0.3 is 20.3 Å². The van der Waals surface area contributed by atoms with Crippen LogP contribution in [0.25, 0.3) is 0 Å². The highest BCUT2D eigenvalue weighted by molar-refractivity contribution is 6.43. The summed E-state index contributed by atoms with van der Waals surface area (Å²) >= 11 is 0. The lowest BCUT2D eigenvalue weighted by atomic mass is 9.93. The molecule has 3 rings (SSSR count). The number of ether oxygens (including phenoxy) is 1. The van der Waals surface area contributed by atoms with Gasteiger partial charge in [0.1, 0.15) is 6.04 Å². The maximum Gasteiger partial charge on any atom is 0.249 e. The Morgan fingerprint density at radius 3 is 2.81 bits per heavy atom. The quantitative estimate of drug-likeness (QED) is 0.510. The van der Waals surface area contributed by atoms with E-state index in [1.165, 1.54) is 19.3 Å². The van der Waals surface area contributed by atoms with Crippen LogP contribution >= 0.6 is 0 Å². The predicted octanol–water partition coefficient (Wildman–Crippen LogP) is -0.304. The van der Waals surface area contributed by atoms with Gasteiger partial charge in [0, 0.05) is 32.3 Å². The monoisotopic (exact) mass is 430 g/mol. The van der Waals surface area contributed by atoms with Gasteiger partial charge in [0.05, 0.1) is 29.6 Å². The van der Waals surface area contributed by atoms with Crippen molar-refractivity contribution in [1.29, 1.82) is 0 Å². The summed E-state index contributed by atoms with van der Waals surface area (Å²) < 4.78 is 5.72. The zero-order chi connectivity index (χ0) is 22.6. The summed E-state index contributed by atoms with van der Waals surface area (Å²) in [6.45, 7) is 6.56. The Labute approximate surface area is 182 Å². The molecule has 0 saturated carbocycles. The van der Waals surface area contributed by atoms with Gasteiger partial charge in [-0.05, 0) is 45.6 Å². The second-order valence-corrected chi connectivity index (χ2v) is 8.80. The molecular formula is C22H32N5O4+. The number of likely N-dealkylation sites (tertiary alicyclic amines) is 1. The molecule has 4 N–H and O–H groups in total. The minimum atomic E-state index is -0.470. The van der Waals surface area contributed by atoms with Crippen LogP contribution < -0.4 is 16.0 Å². The third-order valence-electron chi connectivity index (χ3n) is 5.84. The highest BCUT2D eigenvalue weighted by atomic mass is 16.5. The van der Waals surface area contributed by atoms with Crippen LogP contribution in [0.3, 0.4) is 0 Å². The number of nitrogens with one attached hydrogen (secondary N) is 2. The van der Waals surface area contributed by atoms with Gasteiger partial charge in [0.15, 0.2) is 0 Å². The topological polar surface area (TPSA) is 126 Å². The van der Waals surface area contributed by atoms with Crippen LogP contribution in [0.2, 0.25) is 0 Å². The molecule has 0 spiro atoms. The summed E-state index contributed by atoms with van der Waals surface area (Å²) in [4.78, 5) is 43.1. The van der Waals surface area contributed by atoms with Crippen LogP contribution in [0.5, 0.6) is 0 Å². The van der Waals surface area contributed by atoms with E-state index in [1.54, 1.807) is 11.0 Å². The zero-order valence-corrected chi connectivity index (χ0v) is 18.4. The van der Waals surface area contributed by atoms with Gasteiger partial charge in [0.25, 0.3) is 0 Å². The number of amides is 2. The molecule has 168 valence electrons. The molecule has 1 unspecified atom stereocenters. The Bertz CT molecular complexity index is 869. The molecular weight excluding hydrogens is 398 g/mol. The molecule has 2 amide bonds. The maximum absolute atomic E-state index is 12.9. The highest BCUT2D eigenvalue weighted by Gasteiger charge is 2.36. The van der Waals surface area contributed by atoms with Crippen LogP contribution in [0.1, 0.15) is 52.0 Å². The number of anilines is 1. The fourth-order valence-corrected chi connectivity index (χ4v) is 4.22. The molecule has 1 aromatic heterocycles. The lowest BCUT2D eigenvalue weighted by Crippen LogP contribution is -2.52. The van der Waals surface area contributed by atoms with Crippen LogP contribution in [-0.2, 0) is 19.1 Å². The number of nitrogens with two attached hydrogens (primary N) is 1. The molecule has 0 aliphatic carbocycles. The van der Waals surface area contributed by atoms with Crippen molar-refractivity contribution in [3.05, 3.63) is 24.0 Å². The van der Waals surface area contributed by atoms with Gasteiger partial charge in [-0.25, -0.2) is 0 Å². The Kier molecular flexibility index (Phi) is 7.04. The van der Waals surface area contributed by atoms with Gasteiger partial charge >= 0.3 is 0 Å². The number of ketones is 1. The van der Waals surface area contributed by atoms with E-state index in [9.17, 15) is 14.4 Å². The Hall–Kier alpha value is -2.81. The molecule has 0 radical (unpaired) electrons. The van der Waals surface area contributed by atoms with Gasteiger partial charge in [-0.15, -0.1) is 0 Å². The van der Waals surface area contributed by atoms with Gasteiger partial charge in [-0.3, -0.25) is 24.8 Å². The summed E-state index contributed by atoms with van der Waals surface area (Å²) in [6.07, 6.45) is 6.02. The van der Waals surface area contributed by atoms with Crippen molar-refractivity contribution >= 4 is 29.0 Å².